The highest BCUT2D eigenvalue weighted by Gasteiger charge is 2.25. The van der Waals surface area contributed by atoms with Gasteiger partial charge >= 0.3 is 0 Å². The van der Waals surface area contributed by atoms with Crippen molar-refractivity contribution in [3.63, 3.8) is 0 Å². The van der Waals surface area contributed by atoms with E-state index in [0.29, 0.717) is 5.69 Å². The zero-order valence-corrected chi connectivity index (χ0v) is 17.5. The normalized spacial score (nSPS) is 12.8. The van der Waals surface area contributed by atoms with Crippen molar-refractivity contribution in [2.75, 3.05) is 18.9 Å². The lowest BCUT2D eigenvalue weighted by atomic mass is 10.0. The van der Waals surface area contributed by atoms with Gasteiger partial charge in [-0.2, -0.15) is 0 Å². The molecule has 0 bridgehead atoms. The number of benzene rings is 2. The summed E-state index contributed by atoms with van der Waals surface area (Å²) in [5, 5.41) is 6.14. The third-order valence-corrected chi connectivity index (χ3v) is 4.84. The Bertz CT molecular complexity index is 953. The SMILES string of the molecule is Cc1ccc(NC(=O)CN(C)C(=O)[C@H](C)N[C@@H](c2ccccc2)c2ccco2)cc1. The quantitative estimate of drug-likeness (QED) is 0.599. The Morgan fingerprint density at radius 1 is 1.00 bits per heavy atom. The Morgan fingerprint density at radius 3 is 2.33 bits per heavy atom. The molecule has 0 spiro atoms. The molecule has 6 heteroatoms. The number of aryl methyl sites for hydroxylation is 1. The molecule has 1 aromatic heterocycles. The largest absolute Gasteiger partial charge is 0.467 e. The molecule has 3 rings (SSSR count). The van der Waals surface area contributed by atoms with E-state index in [1.807, 2.05) is 73.7 Å². The summed E-state index contributed by atoms with van der Waals surface area (Å²) in [7, 11) is 1.62. The van der Waals surface area contributed by atoms with Crippen molar-refractivity contribution in [3.05, 3.63) is 89.9 Å². The van der Waals surface area contributed by atoms with Gasteiger partial charge < -0.3 is 14.6 Å². The first-order valence-electron chi connectivity index (χ1n) is 9.90. The molecule has 2 atom stereocenters. The molecule has 1 heterocycles. The van der Waals surface area contributed by atoms with E-state index >= 15 is 0 Å². The molecule has 3 aromatic rings. The lowest BCUT2D eigenvalue weighted by Gasteiger charge is -2.25. The number of nitrogens with one attached hydrogen (secondary N) is 2. The first-order chi connectivity index (χ1) is 14.4. The van der Waals surface area contributed by atoms with Gasteiger partial charge in [0.25, 0.3) is 0 Å². The van der Waals surface area contributed by atoms with E-state index in [2.05, 4.69) is 10.6 Å². The van der Waals surface area contributed by atoms with Gasteiger partial charge in [0, 0.05) is 12.7 Å². The van der Waals surface area contributed by atoms with E-state index in [4.69, 9.17) is 4.42 Å². The van der Waals surface area contributed by atoms with E-state index in [1.165, 1.54) is 4.90 Å². The molecule has 0 fully saturated rings. The summed E-state index contributed by atoms with van der Waals surface area (Å²) in [6, 6.07) is 20.2. The van der Waals surface area contributed by atoms with Crippen LogP contribution in [0.1, 0.15) is 29.9 Å². The zero-order chi connectivity index (χ0) is 21.5. The highest BCUT2D eigenvalue weighted by atomic mass is 16.3. The molecular formula is C24H27N3O3. The summed E-state index contributed by atoms with van der Waals surface area (Å²) in [6.07, 6.45) is 1.61. The second-order valence-electron chi connectivity index (χ2n) is 7.36. The smallest absolute Gasteiger partial charge is 0.243 e. The van der Waals surface area contributed by atoms with E-state index in [9.17, 15) is 9.59 Å². The van der Waals surface area contributed by atoms with Crippen LogP contribution in [-0.2, 0) is 9.59 Å². The van der Waals surface area contributed by atoms with Gasteiger partial charge in [0.2, 0.25) is 11.8 Å². The highest BCUT2D eigenvalue weighted by molar-refractivity contribution is 5.95. The maximum Gasteiger partial charge on any atom is 0.243 e. The average Bonchev–Trinajstić information content (AvgIpc) is 3.28. The van der Waals surface area contributed by atoms with E-state index in [-0.39, 0.29) is 24.4 Å². The lowest BCUT2D eigenvalue weighted by Crippen LogP contribution is -2.46. The fraction of sp³-hybridized carbons (Fsp3) is 0.250. The number of hydrogen-bond acceptors (Lipinski definition) is 4. The van der Waals surface area contributed by atoms with Gasteiger partial charge in [-0.3, -0.25) is 14.9 Å². The lowest BCUT2D eigenvalue weighted by molar-refractivity contribution is -0.134. The van der Waals surface area contributed by atoms with Gasteiger partial charge in [0.15, 0.2) is 0 Å². The Morgan fingerprint density at radius 2 is 1.70 bits per heavy atom. The Kier molecular flexibility index (Phi) is 7.03. The number of nitrogens with zero attached hydrogens (tertiary/aromatic N) is 1. The number of carbonyl (C=O) groups is 2. The van der Waals surface area contributed by atoms with Gasteiger partial charge in [0.1, 0.15) is 5.76 Å². The number of anilines is 1. The summed E-state index contributed by atoms with van der Waals surface area (Å²) in [5.41, 5.74) is 2.82. The second kappa shape index (κ2) is 9.89. The van der Waals surface area contributed by atoms with E-state index in [0.717, 1.165) is 16.9 Å². The third-order valence-electron chi connectivity index (χ3n) is 4.84. The molecule has 0 saturated heterocycles. The van der Waals surface area contributed by atoms with E-state index < -0.39 is 6.04 Å². The number of furan rings is 1. The summed E-state index contributed by atoms with van der Waals surface area (Å²) in [4.78, 5) is 26.6. The maximum atomic E-state index is 12.9. The molecule has 0 radical (unpaired) electrons. The molecule has 156 valence electrons. The van der Waals surface area contributed by atoms with Crippen LogP contribution in [0.5, 0.6) is 0 Å². The van der Waals surface area contributed by atoms with Crippen molar-refractivity contribution in [2.45, 2.75) is 25.9 Å². The van der Waals surface area contributed by atoms with Crippen molar-refractivity contribution >= 4 is 17.5 Å². The molecule has 2 N–H and O–H groups in total. The summed E-state index contributed by atoms with van der Waals surface area (Å²) in [5.74, 6) is 0.301. The minimum Gasteiger partial charge on any atom is -0.467 e. The molecule has 2 aromatic carbocycles. The predicted octanol–water partition coefficient (Wildman–Crippen LogP) is 3.75. The van der Waals surface area contributed by atoms with Crippen molar-refractivity contribution < 1.29 is 14.0 Å². The molecule has 0 aliphatic heterocycles. The number of amides is 2. The van der Waals surface area contributed by atoms with Crippen molar-refractivity contribution in [1.82, 2.24) is 10.2 Å². The Labute approximate surface area is 176 Å². The Hall–Kier alpha value is -3.38. The van der Waals surface area contributed by atoms with Gasteiger partial charge in [-0.05, 0) is 43.7 Å². The summed E-state index contributed by atoms with van der Waals surface area (Å²) >= 11 is 0. The van der Waals surface area contributed by atoms with Gasteiger partial charge in [-0.1, -0.05) is 48.0 Å². The maximum absolute atomic E-state index is 12.9. The predicted molar refractivity (Wildman–Crippen MR) is 117 cm³/mol. The number of likely N-dealkylation sites (N-methyl/N-ethyl adjacent to an activating group) is 1. The molecule has 6 nitrogen and oxygen atoms in total. The monoisotopic (exact) mass is 405 g/mol. The van der Waals surface area contributed by atoms with Crippen LogP contribution >= 0.6 is 0 Å². The van der Waals surface area contributed by atoms with Crippen LogP contribution in [0.15, 0.2) is 77.4 Å². The van der Waals surface area contributed by atoms with Crippen molar-refractivity contribution in [1.29, 1.82) is 0 Å². The van der Waals surface area contributed by atoms with Crippen LogP contribution in [0.25, 0.3) is 0 Å². The number of carbonyl (C=O) groups excluding carboxylic acids is 2. The minimum atomic E-state index is -0.516. The van der Waals surface area contributed by atoms with Crippen LogP contribution in [0, 0.1) is 6.92 Å². The zero-order valence-electron chi connectivity index (χ0n) is 17.5. The molecule has 2 amide bonds. The summed E-state index contributed by atoms with van der Waals surface area (Å²) < 4.78 is 5.58. The number of hydrogen-bond donors (Lipinski definition) is 2. The van der Waals surface area contributed by atoms with Gasteiger partial charge in [-0.15, -0.1) is 0 Å². The molecule has 30 heavy (non-hydrogen) atoms. The van der Waals surface area contributed by atoms with Crippen molar-refractivity contribution in [2.24, 2.45) is 0 Å². The molecule has 0 unspecified atom stereocenters. The minimum absolute atomic E-state index is 0.0323. The van der Waals surface area contributed by atoms with Crippen LogP contribution in [-0.4, -0.2) is 36.3 Å². The fourth-order valence-electron chi connectivity index (χ4n) is 3.23. The summed E-state index contributed by atoms with van der Waals surface area (Å²) in [6.45, 7) is 3.74. The van der Waals surface area contributed by atoms with Crippen LogP contribution in [0.2, 0.25) is 0 Å². The molecule has 0 aliphatic rings. The molecule has 0 aliphatic carbocycles. The van der Waals surface area contributed by atoms with Gasteiger partial charge in [0.05, 0.1) is 24.9 Å². The third kappa shape index (κ3) is 5.58. The fourth-order valence-corrected chi connectivity index (χ4v) is 3.23. The first-order valence-corrected chi connectivity index (χ1v) is 9.90. The van der Waals surface area contributed by atoms with Gasteiger partial charge in [-0.25, -0.2) is 0 Å². The van der Waals surface area contributed by atoms with E-state index in [1.54, 1.807) is 20.2 Å². The molecule has 0 saturated carbocycles. The highest BCUT2D eigenvalue weighted by Crippen LogP contribution is 2.23. The van der Waals surface area contributed by atoms with Crippen molar-refractivity contribution in [3.8, 4) is 0 Å². The van der Waals surface area contributed by atoms with Crippen LogP contribution in [0.4, 0.5) is 5.69 Å². The average molecular weight is 405 g/mol. The second-order valence-corrected chi connectivity index (χ2v) is 7.36. The molecular weight excluding hydrogens is 378 g/mol. The standard InChI is InChI=1S/C24H27N3O3/c1-17-11-13-20(14-12-17)26-22(28)16-27(3)24(29)18(2)25-23(21-10-7-15-30-21)19-8-5-4-6-9-19/h4-15,18,23,25H,16H2,1-3H3,(H,26,28)/t18-,23-/m0/s1. The topological polar surface area (TPSA) is 74.6 Å². The Balaban J connectivity index is 1.61. The van der Waals surface area contributed by atoms with Crippen LogP contribution in [0.3, 0.4) is 0 Å². The van der Waals surface area contributed by atoms with Crippen LogP contribution < -0.4 is 10.6 Å². The number of rotatable bonds is 8. The first kappa shape index (κ1) is 21.3.